The maximum absolute atomic E-state index is 13.1. The van der Waals surface area contributed by atoms with Crippen molar-refractivity contribution < 1.29 is 17.6 Å². The van der Waals surface area contributed by atoms with Crippen LogP contribution in [0, 0.1) is 5.82 Å². The van der Waals surface area contributed by atoms with Gasteiger partial charge in [-0.1, -0.05) is 36.4 Å². The lowest BCUT2D eigenvalue weighted by atomic mass is 10.0. The molecule has 0 aliphatic heterocycles. The van der Waals surface area contributed by atoms with Crippen molar-refractivity contribution in [1.29, 1.82) is 0 Å². The highest BCUT2D eigenvalue weighted by atomic mass is 19.4. The van der Waals surface area contributed by atoms with E-state index in [9.17, 15) is 17.6 Å². The Morgan fingerprint density at radius 1 is 0.765 bits per heavy atom. The minimum absolute atomic E-state index is 0.347. The van der Waals surface area contributed by atoms with Gasteiger partial charge in [0.1, 0.15) is 5.82 Å². The maximum atomic E-state index is 13.1. The van der Waals surface area contributed by atoms with E-state index in [2.05, 4.69) is 0 Å². The molecule has 0 atom stereocenters. The smallest absolute Gasteiger partial charge is 0.206 e. The molecule has 2 rings (SSSR count). The molecule has 0 fully saturated rings. The van der Waals surface area contributed by atoms with Gasteiger partial charge >= 0.3 is 6.18 Å². The second kappa shape index (κ2) is 4.20. The largest absolute Gasteiger partial charge is 0.419 e. The molecule has 88 valence electrons. The zero-order valence-corrected chi connectivity index (χ0v) is 8.63. The van der Waals surface area contributed by atoms with Gasteiger partial charge in [-0.15, -0.1) is 0 Å². The molecule has 2 aromatic rings. The SMILES string of the molecule is Fc1ccc(-c2ccccc2)cc1C(F)(F)F. The van der Waals surface area contributed by atoms with Crippen LogP contribution in [0.2, 0.25) is 0 Å². The third kappa shape index (κ3) is 2.46. The maximum Gasteiger partial charge on any atom is 0.419 e. The summed E-state index contributed by atoms with van der Waals surface area (Å²) >= 11 is 0. The Bertz CT molecular complexity index is 515. The lowest BCUT2D eigenvalue weighted by Gasteiger charge is -2.10. The Morgan fingerprint density at radius 2 is 1.41 bits per heavy atom. The van der Waals surface area contributed by atoms with E-state index < -0.39 is 17.6 Å². The number of halogens is 4. The van der Waals surface area contributed by atoms with Crippen molar-refractivity contribution in [3.05, 3.63) is 59.9 Å². The third-order valence-corrected chi connectivity index (χ3v) is 2.38. The summed E-state index contributed by atoms with van der Waals surface area (Å²) in [7, 11) is 0. The standard InChI is InChI=1S/C13H8F4/c14-12-7-6-10(8-11(12)13(15,16)17)9-4-2-1-3-5-9/h1-8H. The summed E-state index contributed by atoms with van der Waals surface area (Å²) in [6, 6.07) is 11.5. The summed E-state index contributed by atoms with van der Waals surface area (Å²) in [6.45, 7) is 0. The quantitative estimate of drug-likeness (QED) is 0.643. The summed E-state index contributed by atoms with van der Waals surface area (Å²) in [5, 5.41) is 0. The van der Waals surface area contributed by atoms with Crippen LogP contribution in [0.4, 0.5) is 17.6 Å². The molecule has 0 saturated carbocycles. The lowest BCUT2D eigenvalue weighted by molar-refractivity contribution is -0.139. The molecule has 2 aromatic carbocycles. The van der Waals surface area contributed by atoms with Crippen molar-refractivity contribution in [3.8, 4) is 11.1 Å². The predicted octanol–water partition coefficient (Wildman–Crippen LogP) is 4.51. The van der Waals surface area contributed by atoms with Crippen molar-refractivity contribution >= 4 is 0 Å². The van der Waals surface area contributed by atoms with Crippen molar-refractivity contribution in [2.45, 2.75) is 6.18 Å². The summed E-state index contributed by atoms with van der Waals surface area (Å²) in [6.07, 6.45) is -4.67. The Hall–Kier alpha value is -1.84. The van der Waals surface area contributed by atoms with Crippen LogP contribution in [0.3, 0.4) is 0 Å². The second-order valence-corrected chi connectivity index (χ2v) is 3.56. The van der Waals surface area contributed by atoms with E-state index in [1.165, 1.54) is 6.07 Å². The van der Waals surface area contributed by atoms with Crippen molar-refractivity contribution in [2.75, 3.05) is 0 Å². The van der Waals surface area contributed by atoms with Gasteiger partial charge in [-0.05, 0) is 23.3 Å². The van der Waals surface area contributed by atoms with E-state index in [1.807, 2.05) is 0 Å². The molecule has 0 bridgehead atoms. The number of alkyl halides is 3. The molecule has 0 saturated heterocycles. The van der Waals surface area contributed by atoms with Gasteiger partial charge in [-0.25, -0.2) is 4.39 Å². The molecular formula is C13H8F4. The van der Waals surface area contributed by atoms with E-state index in [1.54, 1.807) is 30.3 Å². The fraction of sp³-hybridized carbons (Fsp3) is 0.0769. The van der Waals surface area contributed by atoms with Crippen LogP contribution in [0.15, 0.2) is 48.5 Å². The van der Waals surface area contributed by atoms with E-state index in [-0.39, 0.29) is 0 Å². The molecule has 0 nitrogen and oxygen atoms in total. The fourth-order valence-electron chi connectivity index (χ4n) is 1.55. The number of hydrogen-bond acceptors (Lipinski definition) is 0. The van der Waals surface area contributed by atoms with E-state index in [4.69, 9.17) is 0 Å². The molecule has 0 aliphatic carbocycles. The van der Waals surface area contributed by atoms with E-state index >= 15 is 0 Å². The molecule has 0 heterocycles. The highest BCUT2D eigenvalue weighted by Gasteiger charge is 2.34. The van der Waals surface area contributed by atoms with Gasteiger partial charge in [0.05, 0.1) is 5.56 Å². The number of benzene rings is 2. The van der Waals surface area contributed by atoms with E-state index in [0.717, 1.165) is 12.1 Å². The highest BCUT2D eigenvalue weighted by Crippen LogP contribution is 2.34. The molecule has 0 amide bonds. The molecule has 0 radical (unpaired) electrons. The molecular weight excluding hydrogens is 232 g/mol. The fourth-order valence-corrected chi connectivity index (χ4v) is 1.55. The van der Waals surface area contributed by atoms with Crippen LogP contribution in [0.5, 0.6) is 0 Å². The second-order valence-electron chi connectivity index (χ2n) is 3.56. The molecule has 0 N–H and O–H groups in total. The summed E-state index contributed by atoms with van der Waals surface area (Å²) < 4.78 is 50.6. The average molecular weight is 240 g/mol. The molecule has 0 aliphatic rings. The van der Waals surface area contributed by atoms with Gasteiger partial charge in [-0.2, -0.15) is 13.2 Å². The zero-order chi connectivity index (χ0) is 12.5. The molecule has 0 spiro atoms. The first-order valence-electron chi connectivity index (χ1n) is 4.90. The predicted molar refractivity (Wildman–Crippen MR) is 56.8 cm³/mol. The van der Waals surface area contributed by atoms with E-state index in [0.29, 0.717) is 11.1 Å². The van der Waals surface area contributed by atoms with Gasteiger partial charge in [-0.3, -0.25) is 0 Å². The monoisotopic (exact) mass is 240 g/mol. The first-order chi connectivity index (χ1) is 7.98. The van der Waals surface area contributed by atoms with Gasteiger partial charge in [0.2, 0.25) is 0 Å². The molecule has 0 aromatic heterocycles. The minimum Gasteiger partial charge on any atom is -0.206 e. The molecule has 0 unspecified atom stereocenters. The molecule has 4 heteroatoms. The lowest BCUT2D eigenvalue weighted by Crippen LogP contribution is -2.08. The average Bonchev–Trinajstić information content (AvgIpc) is 2.29. The van der Waals surface area contributed by atoms with Crippen molar-refractivity contribution in [2.24, 2.45) is 0 Å². The van der Waals surface area contributed by atoms with Crippen LogP contribution in [0.25, 0.3) is 11.1 Å². The van der Waals surface area contributed by atoms with Gasteiger partial charge in [0.15, 0.2) is 0 Å². The van der Waals surface area contributed by atoms with Crippen molar-refractivity contribution in [1.82, 2.24) is 0 Å². The first kappa shape index (κ1) is 11.6. The van der Waals surface area contributed by atoms with Crippen LogP contribution in [-0.2, 0) is 6.18 Å². The normalized spacial score (nSPS) is 11.5. The topological polar surface area (TPSA) is 0 Å². The number of hydrogen-bond donors (Lipinski definition) is 0. The van der Waals surface area contributed by atoms with Gasteiger partial charge < -0.3 is 0 Å². The number of rotatable bonds is 1. The van der Waals surface area contributed by atoms with Gasteiger partial charge in [0.25, 0.3) is 0 Å². The summed E-state index contributed by atoms with van der Waals surface area (Å²) in [4.78, 5) is 0. The van der Waals surface area contributed by atoms with Crippen LogP contribution in [-0.4, -0.2) is 0 Å². The van der Waals surface area contributed by atoms with Crippen molar-refractivity contribution in [3.63, 3.8) is 0 Å². The molecule has 17 heavy (non-hydrogen) atoms. The van der Waals surface area contributed by atoms with Crippen LogP contribution >= 0.6 is 0 Å². The van der Waals surface area contributed by atoms with Crippen LogP contribution < -0.4 is 0 Å². The highest BCUT2D eigenvalue weighted by molar-refractivity contribution is 5.64. The van der Waals surface area contributed by atoms with Gasteiger partial charge in [0, 0.05) is 0 Å². The Kier molecular flexibility index (Phi) is 2.88. The Morgan fingerprint density at radius 3 is 2.00 bits per heavy atom. The summed E-state index contributed by atoms with van der Waals surface area (Å²) in [5.74, 6) is -1.25. The summed E-state index contributed by atoms with van der Waals surface area (Å²) in [5.41, 5.74) is -0.267. The zero-order valence-electron chi connectivity index (χ0n) is 8.63. The Labute approximate surface area is 95.5 Å². The van der Waals surface area contributed by atoms with Crippen LogP contribution in [0.1, 0.15) is 5.56 Å². The first-order valence-corrected chi connectivity index (χ1v) is 4.90. The minimum atomic E-state index is -4.67. The Balaban J connectivity index is 2.53. The third-order valence-electron chi connectivity index (χ3n) is 2.38.